The summed E-state index contributed by atoms with van der Waals surface area (Å²) < 4.78 is 4.64. The largest absolute Gasteiger partial charge is 0.469 e. The molecule has 84 valence electrons. The molecule has 14 heavy (non-hydrogen) atoms. The Morgan fingerprint density at radius 3 is 2.21 bits per heavy atom. The molecule has 0 bridgehead atoms. The number of esters is 1. The summed E-state index contributed by atoms with van der Waals surface area (Å²) in [6.07, 6.45) is 1.81. The molecule has 0 radical (unpaired) electrons. The van der Waals surface area contributed by atoms with E-state index in [0.717, 1.165) is 12.8 Å². The van der Waals surface area contributed by atoms with Crippen LogP contribution < -0.4 is 0 Å². The zero-order valence-corrected chi connectivity index (χ0v) is 9.62. The zero-order chi connectivity index (χ0) is 11.1. The predicted octanol–water partition coefficient (Wildman–Crippen LogP) is 1.98. The molecular formula is C11H22O3. The first-order valence-electron chi connectivity index (χ1n) is 5.22. The topological polar surface area (TPSA) is 46.5 Å². The summed E-state index contributed by atoms with van der Waals surface area (Å²) in [7, 11) is 1.41. The number of hydrogen-bond acceptors (Lipinski definition) is 3. The Balaban J connectivity index is 3.96. The third kappa shape index (κ3) is 5.97. The molecule has 0 heterocycles. The molecule has 0 aliphatic heterocycles. The van der Waals surface area contributed by atoms with E-state index in [1.807, 2.05) is 0 Å². The number of aliphatic hydroxyl groups is 1. The molecule has 0 aliphatic carbocycles. The Morgan fingerprint density at radius 1 is 1.29 bits per heavy atom. The fraction of sp³-hybridized carbons (Fsp3) is 0.909. The molecule has 2 atom stereocenters. The first-order valence-corrected chi connectivity index (χ1v) is 5.22. The van der Waals surface area contributed by atoms with Crippen molar-refractivity contribution in [2.24, 2.45) is 11.8 Å². The quantitative estimate of drug-likeness (QED) is 0.670. The molecule has 0 aromatic carbocycles. The zero-order valence-electron chi connectivity index (χ0n) is 9.62. The van der Waals surface area contributed by atoms with Crippen LogP contribution in [-0.4, -0.2) is 24.3 Å². The molecular weight excluding hydrogens is 180 g/mol. The van der Waals surface area contributed by atoms with Gasteiger partial charge in [0, 0.05) is 6.42 Å². The first kappa shape index (κ1) is 13.4. The van der Waals surface area contributed by atoms with Crippen LogP contribution in [0.15, 0.2) is 0 Å². The number of aliphatic hydroxyl groups excluding tert-OH is 1. The molecule has 0 spiro atoms. The molecule has 0 fully saturated rings. The van der Waals surface area contributed by atoms with Crippen LogP contribution >= 0.6 is 0 Å². The normalized spacial score (nSPS) is 15.3. The van der Waals surface area contributed by atoms with E-state index in [4.69, 9.17) is 5.11 Å². The Hall–Kier alpha value is -0.570. The van der Waals surface area contributed by atoms with Gasteiger partial charge in [0.15, 0.2) is 0 Å². The lowest BCUT2D eigenvalue weighted by molar-refractivity contribution is -0.142. The lowest BCUT2D eigenvalue weighted by atomic mass is 9.87. The lowest BCUT2D eigenvalue weighted by Gasteiger charge is -2.20. The standard InChI is InChI=1S/C11H22O3/c1-8(2)10(6-5-9(3)12)7-11(13)14-4/h8-10,12H,5-7H2,1-4H3/t9?,10-/m1/s1. The fourth-order valence-electron chi connectivity index (χ4n) is 1.42. The number of carbonyl (C=O) groups is 1. The van der Waals surface area contributed by atoms with E-state index in [2.05, 4.69) is 18.6 Å². The van der Waals surface area contributed by atoms with Gasteiger partial charge in [0.1, 0.15) is 0 Å². The van der Waals surface area contributed by atoms with Crippen molar-refractivity contribution >= 4 is 5.97 Å². The fourth-order valence-corrected chi connectivity index (χ4v) is 1.42. The van der Waals surface area contributed by atoms with Gasteiger partial charge in [-0.15, -0.1) is 0 Å². The van der Waals surface area contributed by atoms with Gasteiger partial charge < -0.3 is 9.84 Å². The Bertz CT molecular complexity index is 164. The number of hydrogen-bond donors (Lipinski definition) is 1. The molecule has 0 saturated carbocycles. The minimum absolute atomic E-state index is 0.158. The second-order valence-corrected chi connectivity index (χ2v) is 4.21. The third-order valence-corrected chi connectivity index (χ3v) is 2.55. The van der Waals surface area contributed by atoms with Gasteiger partial charge in [-0.25, -0.2) is 0 Å². The summed E-state index contributed by atoms with van der Waals surface area (Å²) in [4.78, 5) is 11.1. The van der Waals surface area contributed by atoms with Gasteiger partial charge in [0.05, 0.1) is 13.2 Å². The smallest absolute Gasteiger partial charge is 0.305 e. The average molecular weight is 202 g/mol. The van der Waals surface area contributed by atoms with Gasteiger partial charge in [-0.2, -0.15) is 0 Å². The summed E-state index contributed by atoms with van der Waals surface area (Å²) in [5.74, 6) is 0.610. The SMILES string of the molecule is COC(=O)C[C@@H](CCC(C)O)C(C)C. The molecule has 3 nitrogen and oxygen atoms in total. The molecule has 1 unspecified atom stereocenters. The van der Waals surface area contributed by atoms with Crippen molar-refractivity contribution in [1.82, 2.24) is 0 Å². The summed E-state index contributed by atoms with van der Waals surface area (Å²) in [5.41, 5.74) is 0. The van der Waals surface area contributed by atoms with Crippen molar-refractivity contribution in [3.63, 3.8) is 0 Å². The van der Waals surface area contributed by atoms with E-state index >= 15 is 0 Å². The monoisotopic (exact) mass is 202 g/mol. The Morgan fingerprint density at radius 2 is 1.86 bits per heavy atom. The van der Waals surface area contributed by atoms with E-state index in [9.17, 15) is 4.79 Å². The first-order chi connectivity index (χ1) is 6.47. The maximum atomic E-state index is 11.1. The minimum Gasteiger partial charge on any atom is -0.469 e. The Kier molecular flexibility index (Phi) is 6.54. The molecule has 3 heteroatoms. The number of carbonyl (C=O) groups excluding carboxylic acids is 1. The number of rotatable bonds is 6. The number of methoxy groups -OCH3 is 1. The van der Waals surface area contributed by atoms with Crippen molar-refractivity contribution in [2.75, 3.05) is 7.11 Å². The molecule has 0 amide bonds. The van der Waals surface area contributed by atoms with Gasteiger partial charge in [-0.1, -0.05) is 13.8 Å². The van der Waals surface area contributed by atoms with E-state index in [0.29, 0.717) is 18.3 Å². The van der Waals surface area contributed by atoms with Gasteiger partial charge in [0.25, 0.3) is 0 Å². The lowest BCUT2D eigenvalue weighted by Crippen LogP contribution is -2.17. The predicted molar refractivity (Wildman–Crippen MR) is 55.9 cm³/mol. The molecule has 1 N–H and O–H groups in total. The van der Waals surface area contributed by atoms with Gasteiger partial charge >= 0.3 is 5.97 Å². The van der Waals surface area contributed by atoms with Gasteiger partial charge in [-0.3, -0.25) is 4.79 Å². The molecule has 0 saturated heterocycles. The molecule has 0 rings (SSSR count). The van der Waals surface area contributed by atoms with Crippen LogP contribution in [0.4, 0.5) is 0 Å². The van der Waals surface area contributed by atoms with Crippen LogP contribution in [0.5, 0.6) is 0 Å². The van der Waals surface area contributed by atoms with Crippen LogP contribution in [0.25, 0.3) is 0 Å². The van der Waals surface area contributed by atoms with Crippen LogP contribution in [0.2, 0.25) is 0 Å². The number of ether oxygens (including phenoxy) is 1. The van der Waals surface area contributed by atoms with Crippen LogP contribution in [-0.2, 0) is 9.53 Å². The minimum atomic E-state index is -0.283. The summed E-state index contributed by atoms with van der Waals surface area (Å²) in [5, 5.41) is 9.16. The van der Waals surface area contributed by atoms with E-state index in [-0.39, 0.29) is 12.1 Å². The Labute approximate surface area is 86.5 Å². The van der Waals surface area contributed by atoms with Crippen molar-refractivity contribution in [3.8, 4) is 0 Å². The maximum absolute atomic E-state index is 11.1. The van der Waals surface area contributed by atoms with Crippen molar-refractivity contribution in [2.45, 2.75) is 46.1 Å². The van der Waals surface area contributed by atoms with Crippen molar-refractivity contribution in [3.05, 3.63) is 0 Å². The van der Waals surface area contributed by atoms with Crippen LogP contribution in [0, 0.1) is 11.8 Å². The van der Waals surface area contributed by atoms with Crippen molar-refractivity contribution < 1.29 is 14.6 Å². The average Bonchev–Trinajstić information content (AvgIpc) is 2.10. The highest BCUT2D eigenvalue weighted by molar-refractivity contribution is 5.69. The molecule has 0 aromatic rings. The summed E-state index contributed by atoms with van der Waals surface area (Å²) in [6, 6.07) is 0. The molecule has 0 aliphatic rings. The van der Waals surface area contributed by atoms with Crippen LogP contribution in [0.3, 0.4) is 0 Å². The van der Waals surface area contributed by atoms with Gasteiger partial charge in [0.2, 0.25) is 0 Å². The summed E-state index contributed by atoms with van der Waals surface area (Å²) >= 11 is 0. The molecule has 0 aromatic heterocycles. The van der Waals surface area contributed by atoms with Crippen LogP contribution in [0.1, 0.15) is 40.0 Å². The van der Waals surface area contributed by atoms with Gasteiger partial charge in [-0.05, 0) is 31.6 Å². The highest BCUT2D eigenvalue weighted by Gasteiger charge is 2.18. The van der Waals surface area contributed by atoms with Crippen molar-refractivity contribution in [1.29, 1.82) is 0 Å². The maximum Gasteiger partial charge on any atom is 0.305 e. The van der Waals surface area contributed by atoms with E-state index < -0.39 is 0 Å². The highest BCUT2D eigenvalue weighted by Crippen LogP contribution is 2.22. The summed E-state index contributed by atoms with van der Waals surface area (Å²) in [6.45, 7) is 5.96. The third-order valence-electron chi connectivity index (χ3n) is 2.55. The second-order valence-electron chi connectivity index (χ2n) is 4.21. The highest BCUT2D eigenvalue weighted by atomic mass is 16.5. The second kappa shape index (κ2) is 6.82. The van der Waals surface area contributed by atoms with E-state index in [1.54, 1.807) is 6.92 Å². The van der Waals surface area contributed by atoms with E-state index in [1.165, 1.54) is 7.11 Å².